The zero-order chi connectivity index (χ0) is 22.9. The maximum Gasteiger partial charge on any atom is 0.340 e. The van der Waals surface area contributed by atoms with Crippen molar-refractivity contribution in [1.82, 2.24) is 10.3 Å². The molecule has 0 spiro atoms. The number of amides is 1. The van der Waals surface area contributed by atoms with Crippen molar-refractivity contribution < 1.29 is 19.2 Å². The van der Waals surface area contributed by atoms with E-state index in [1.54, 1.807) is 0 Å². The number of carbonyl (C=O) groups is 2. The number of rotatable bonds is 10. The normalized spacial score (nSPS) is 10.5. The number of hydrogen-bond donors (Lipinski definition) is 1. The van der Waals surface area contributed by atoms with Crippen molar-refractivity contribution in [2.45, 2.75) is 29.0 Å². The summed E-state index contributed by atoms with van der Waals surface area (Å²) in [5.41, 5.74) is 1.81. The SMILES string of the molecule is Cc1csc(Sc2ccc([N+](=O)[O-])cc2C(=O)OCC(=O)NCCCc2ccccc2)n1. The van der Waals surface area contributed by atoms with Crippen LogP contribution >= 0.6 is 23.1 Å². The Bertz CT molecular complexity index is 1100. The summed E-state index contributed by atoms with van der Waals surface area (Å²) < 4.78 is 5.82. The van der Waals surface area contributed by atoms with E-state index in [-0.39, 0.29) is 11.3 Å². The van der Waals surface area contributed by atoms with Crippen molar-refractivity contribution in [2.24, 2.45) is 0 Å². The molecule has 0 aliphatic rings. The van der Waals surface area contributed by atoms with Gasteiger partial charge in [-0.2, -0.15) is 0 Å². The summed E-state index contributed by atoms with van der Waals surface area (Å²) in [6.07, 6.45) is 1.58. The van der Waals surface area contributed by atoms with E-state index < -0.39 is 23.4 Å². The minimum atomic E-state index is -0.802. The smallest absolute Gasteiger partial charge is 0.340 e. The molecule has 0 atom stereocenters. The van der Waals surface area contributed by atoms with Crippen LogP contribution in [0, 0.1) is 17.0 Å². The van der Waals surface area contributed by atoms with E-state index in [1.807, 2.05) is 42.6 Å². The highest BCUT2D eigenvalue weighted by atomic mass is 32.2. The first kappa shape index (κ1) is 23.4. The number of benzene rings is 2. The Kier molecular flexibility index (Phi) is 8.34. The molecule has 1 heterocycles. The Labute approximate surface area is 193 Å². The lowest BCUT2D eigenvalue weighted by molar-refractivity contribution is -0.384. The molecule has 2 aromatic carbocycles. The molecule has 166 valence electrons. The van der Waals surface area contributed by atoms with Gasteiger partial charge in [0.1, 0.15) is 0 Å². The average Bonchev–Trinajstić information content (AvgIpc) is 3.20. The predicted octanol–water partition coefficient (Wildman–Crippen LogP) is 4.42. The maximum absolute atomic E-state index is 12.6. The molecular weight excluding hydrogens is 450 g/mol. The van der Waals surface area contributed by atoms with Gasteiger partial charge in [0.2, 0.25) is 0 Å². The van der Waals surface area contributed by atoms with Crippen LogP contribution in [0.3, 0.4) is 0 Å². The third-order valence-corrected chi connectivity index (χ3v) is 6.46. The molecule has 0 saturated heterocycles. The number of carbonyl (C=O) groups excluding carboxylic acids is 2. The average molecular weight is 472 g/mol. The lowest BCUT2D eigenvalue weighted by Gasteiger charge is -2.09. The summed E-state index contributed by atoms with van der Waals surface area (Å²) in [5.74, 6) is -1.23. The van der Waals surface area contributed by atoms with E-state index in [4.69, 9.17) is 4.74 Å². The molecule has 0 unspecified atom stereocenters. The summed E-state index contributed by atoms with van der Waals surface area (Å²) in [6, 6.07) is 13.9. The summed E-state index contributed by atoms with van der Waals surface area (Å²) in [7, 11) is 0. The van der Waals surface area contributed by atoms with Crippen molar-refractivity contribution >= 4 is 40.7 Å². The Morgan fingerprint density at radius 1 is 1.22 bits per heavy atom. The number of aromatic nitrogens is 1. The van der Waals surface area contributed by atoms with Gasteiger partial charge < -0.3 is 10.1 Å². The third kappa shape index (κ3) is 6.89. The number of ether oxygens (including phenoxy) is 1. The van der Waals surface area contributed by atoms with E-state index in [0.717, 1.165) is 24.6 Å². The van der Waals surface area contributed by atoms with Gasteiger partial charge in [-0.25, -0.2) is 9.78 Å². The van der Waals surface area contributed by atoms with Crippen LogP contribution in [0.2, 0.25) is 0 Å². The van der Waals surface area contributed by atoms with Crippen LogP contribution in [0.25, 0.3) is 0 Å². The van der Waals surface area contributed by atoms with E-state index in [0.29, 0.717) is 15.8 Å². The molecule has 0 aliphatic heterocycles. The van der Waals surface area contributed by atoms with Crippen molar-refractivity contribution in [3.8, 4) is 0 Å². The van der Waals surface area contributed by atoms with Crippen LogP contribution in [0.1, 0.15) is 28.0 Å². The molecule has 8 nitrogen and oxygen atoms in total. The number of nitrogens with one attached hydrogen (secondary N) is 1. The number of thiazole rings is 1. The van der Waals surface area contributed by atoms with Crippen molar-refractivity contribution in [1.29, 1.82) is 0 Å². The molecule has 0 bridgehead atoms. The number of aryl methyl sites for hydroxylation is 2. The lowest BCUT2D eigenvalue weighted by atomic mass is 10.1. The van der Waals surface area contributed by atoms with Crippen LogP contribution in [0.4, 0.5) is 5.69 Å². The monoisotopic (exact) mass is 471 g/mol. The van der Waals surface area contributed by atoms with Crippen LogP contribution in [0.5, 0.6) is 0 Å². The van der Waals surface area contributed by atoms with E-state index >= 15 is 0 Å². The minimum Gasteiger partial charge on any atom is -0.452 e. The number of esters is 1. The molecule has 32 heavy (non-hydrogen) atoms. The first-order chi connectivity index (χ1) is 15.4. The zero-order valence-electron chi connectivity index (χ0n) is 17.3. The molecule has 0 saturated carbocycles. The van der Waals surface area contributed by atoms with Crippen molar-refractivity contribution in [3.05, 3.63) is 80.8 Å². The number of nitro groups is 1. The molecule has 3 rings (SSSR count). The highest BCUT2D eigenvalue weighted by Crippen LogP contribution is 2.34. The first-order valence-corrected chi connectivity index (χ1v) is 11.5. The van der Waals surface area contributed by atoms with Crippen molar-refractivity contribution in [3.63, 3.8) is 0 Å². The fourth-order valence-corrected chi connectivity index (χ4v) is 4.67. The van der Waals surface area contributed by atoms with Gasteiger partial charge in [0.05, 0.1) is 10.5 Å². The van der Waals surface area contributed by atoms with Gasteiger partial charge in [0, 0.05) is 34.6 Å². The van der Waals surface area contributed by atoms with Gasteiger partial charge in [-0.1, -0.05) is 42.1 Å². The van der Waals surface area contributed by atoms with Gasteiger partial charge in [0.15, 0.2) is 10.9 Å². The minimum absolute atomic E-state index is 0.0222. The van der Waals surface area contributed by atoms with Gasteiger partial charge in [-0.15, -0.1) is 11.3 Å². The number of hydrogen-bond acceptors (Lipinski definition) is 8. The van der Waals surface area contributed by atoms with Gasteiger partial charge >= 0.3 is 5.97 Å². The first-order valence-electron chi connectivity index (χ1n) is 9.78. The van der Waals surface area contributed by atoms with E-state index in [9.17, 15) is 19.7 Å². The molecule has 0 aliphatic carbocycles. The quantitative estimate of drug-likeness (QED) is 0.202. The van der Waals surface area contributed by atoms with Crippen molar-refractivity contribution in [2.75, 3.05) is 13.2 Å². The molecule has 3 aromatic rings. The second-order valence-corrected chi connectivity index (χ2v) is 8.96. The van der Waals surface area contributed by atoms with Gasteiger partial charge in [-0.05, 0) is 31.4 Å². The molecule has 0 fully saturated rings. The maximum atomic E-state index is 12.6. The highest BCUT2D eigenvalue weighted by Gasteiger charge is 2.20. The lowest BCUT2D eigenvalue weighted by Crippen LogP contribution is -2.29. The Balaban J connectivity index is 1.56. The Morgan fingerprint density at radius 3 is 2.69 bits per heavy atom. The molecule has 10 heteroatoms. The second kappa shape index (κ2) is 11.4. The molecular formula is C22H21N3O5S2. The molecule has 1 aromatic heterocycles. The van der Waals surface area contributed by atoms with Gasteiger partial charge in [0.25, 0.3) is 11.6 Å². The fraction of sp³-hybridized carbons (Fsp3) is 0.227. The van der Waals surface area contributed by atoms with Gasteiger partial charge in [-0.3, -0.25) is 14.9 Å². The molecule has 1 N–H and O–H groups in total. The number of nitro benzene ring substituents is 1. The molecule has 1 amide bonds. The Hall–Kier alpha value is -3.24. The molecule has 0 radical (unpaired) electrons. The highest BCUT2D eigenvalue weighted by molar-refractivity contribution is 8.01. The van der Waals surface area contributed by atoms with E-state index in [1.165, 1.54) is 40.8 Å². The summed E-state index contributed by atoms with van der Waals surface area (Å²) in [6.45, 7) is 1.84. The number of non-ortho nitro benzene ring substituents is 1. The van der Waals surface area contributed by atoms with Crippen LogP contribution in [-0.2, 0) is 16.0 Å². The van der Waals surface area contributed by atoms with Crippen LogP contribution in [0.15, 0.2) is 63.1 Å². The zero-order valence-corrected chi connectivity index (χ0v) is 18.9. The van der Waals surface area contributed by atoms with Crippen LogP contribution in [-0.4, -0.2) is 34.9 Å². The second-order valence-electron chi connectivity index (χ2n) is 6.81. The summed E-state index contributed by atoms with van der Waals surface area (Å²) in [5, 5.41) is 15.7. The van der Waals surface area contributed by atoms with E-state index in [2.05, 4.69) is 10.3 Å². The predicted molar refractivity (Wildman–Crippen MR) is 122 cm³/mol. The topological polar surface area (TPSA) is 111 Å². The third-order valence-electron chi connectivity index (χ3n) is 4.33. The standard InChI is InChI=1S/C22H21N3O5S2/c1-15-14-31-22(24-15)32-19-10-9-17(25(28)29)12-18(19)21(27)30-13-20(26)23-11-5-8-16-6-3-2-4-7-16/h2-4,6-7,9-10,12,14H,5,8,11,13H2,1H3,(H,23,26). The largest absolute Gasteiger partial charge is 0.452 e. The van der Waals surface area contributed by atoms with Crippen LogP contribution < -0.4 is 5.32 Å². The summed E-state index contributed by atoms with van der Waals surface area (Å²) >= 11 is 2.62. The Morgan fingerprint density at radius 2 is 2.00 bits per heavy atom. The fourth-order valence-electron chi connectivity index (χ4n) is 2.78. The number of nitrogens with zero attached hydrogens (tertiary/aromatic N) is 2. The summed E-state index contributed by atoms with van der Waals surface area (Å²) in [4.78, 5) is 40.0.